The third kappa shape index (κ3) is 8.08. The SMILES string of the molecule is Cc1ccc(O)c(C(=O)N[C@H]2CC(Oc3cccc(-c4ccc(O)cc4CN4CCOCC4)c3)[C@@H](N3C=C(C4CCCN4C)C=CC3)CC2F)c1. The Balaban J connectivity index is 1.16. The van der Waals surface area contributed by atoms with Gasteiger partial charge in [-0.3, -0.25) is 14.6 Å². The molecule has 3 heterocycles. The molecule has 0 spiro atoms. The number of hydrogen-bond donors (Lipinski definition) is 3. The zero-order chi connectivity index (χ0) is 35.5. The van der Waals surface area contributed by atoms with Crippen molar-refractivity contribution in [1.29, 1.82) is 0 Å². The Morgan fingerprint density at radius 3 is 2.69 bits per heavy atom. The highest BCUT2D eigenvalue weighted by Gasteiger charge is 2.42. The van der Waals surface area contributed by atoms with Crippen molar-refractivity contribution in [3.05, 3.63) is 101 Å². The van der Waals surface area contributed by atoms with Gasteiger partial charge in [0.2, 0.25) is 0 Å². The summed E-state index contributed by atoms with van der Waals surface area (Å²) < 4.78 is 28.6. The van der Waals surface area contributed by atoms with Gasteiger partial charge in [0, 0.05) is 51.3 Å². The molecule has 3 aromatic carbocycles. The molecule has 1 saturated carbocycles. The monoisotopic (exact) mass is 696 g/mol. The normalized spacial score (nSPS) is 25.8. The first-order valence-corrected chi connectivity index (χ1v) is 18.2. The summed E-state index contributed by atoms with van der Waals surface area (Å²) >= 11 is 0. The number of aryl methyl sites for hydroxylation is 1. The summed E-state index contributed by atoms with van der Waals surface area (Å²) in [6, 6.07) is 17.5. The molecule has 270 valence electrons. The van der Waals surface area contributed by atoms with Crippen LogP contribution in [0.15, 0.2) is 84.6 Å². The quantitative estimate of drug-likeness (QED) is 0.259. The first-order chi connectivity index (χ1) is 24.7. The number of alkyl halides is 1. The minimum Gasteiger partial charge on any atom is -0.508 e. The molecule has 3 fully saturated rings. The predicted molar refractivity (Wildman–Crippen MR) is 196 cm³/mol. The van der Waals surface area contributed by atoms with Crippen molar-refractivity contribution in [3.63, 3.8) is 0 Å². The maximum absolute atomic E-state index is 16.2. The molecule has 10 heteroatoms. The van der Waals surface area contributed by atoms with Crippen molar-refractivity contribution < 1.29 is 28.9 Å². The molecule has 5 atom stereocenters. The number of nitrogens with one attached hydrogen (secondary N) is 1. The second kappa shape index (κ2) is 15.5. The molecular formula is C41H49FN4O5. The van der Waals surface area contributed by atoms with Crippen LogP contribution in [0.5, 0.6) is 17.2 Å². The topological polar surface area (TPSA) is 97.7 Å². The zero-order valence-corrected chi connectivity index (χ0v) is 29.5. The molecule has 3 unspecified atom stereocenters. The number of amides is 1. The third-order valence-electron chi connectivity index (χ3n) is 10.8. The summed E-state index contributed by atoms with van der Waals surface area (Å²) in [6.45, 7) is 7.27. The fourth-order valence-electron chi connectivity index (χ4n) is 8.07. The van der Waals surface area contributed by atoms with Crippen molar-refractivity contribution in [2.75, 3.05) is 46.4 Å². The molecule has 2 saturated heterocycles. The van der Waals surface area contributed by atoms with Gasteiger partial charge in [-0.05, 0) is 92.0 Å². The van der Waals surface area contributed by atoms with Crippen LogP contribution in [0.4, 0.5) is 4.39 Å². The molecule has 1 aliphatic carbocycles. The molecular weight excluding hydrogens is 647 g/mol. The minimum absolute atomic E-state index is 0.130. The number of likely N-dealkylation sites (N-methyl/N-ethyl adjacent to an activating group) is 1. The summed E-state index contributed by atoms with van der Waals surface area (Å²) in [5, 5.41) is 23.7. The van der Waals surface area contributed by atoms with Gasteiger partial charge < -0.3 is 29.9 Å². The maximum atomic E-state index is 16.2. The van der Waals surface area contributed by atoms with E-state index in [-0.39, 0.29) is 35.9 Å². The van der Waals surface area contributed by atoms with Crippen molar-refractivity contribution in [3.8, 4) is 28.4 Å². The van der Waals surface area contributed by atoms with Crippen LogP contribution < -0.4 is 10.1 Å². The van der Waals surface area contributed by atoms with Crippen LogP contribution in [0, 0.1) is 6.92 Å². The lowest BCUT2D eigenvalue weighted by molar-refractivity contribution is 0.0145. The Morgan fingerprint density at radius 2 is 1.88 bits per heavy atom. The van der Waals surface area contributed by atoms with Crippen LogP contribution in [0.2, 0.25) is 0 Å². The lowest BCUT2D eigenvalue weighted by Crippen LogP contribution is -2.57. The third-order valence-corrected chi connectivity index (χ3v) is 10.8. The Kier molecular flexibility index (Phi) is 10.6. The van der Waals surface area contributed by atoms with E-state index in [1.807, 2.05) is 43.3 Å². The zero-order valence-electron chi connectivity index (χ0n) is 29.5. The molecule has 7 rings (SSSR count). The van der Waals surface area contributed by atoms with E-state index >= 15 is 4.39 Å². The van der Waals surface area contributed by atoms with Gasteiger partial charge in [0.15, 0.2) is 0 Å². The lowest BCUT2D eigenvalue weighted by atomic mass is 9.85. The smallest absolute Gasteiger partial charge is 0.255 e. The Labute approximate surface area is 300 Å². The van der Waals surface area contributed by atoms with Crippen molar-refractivity contribution >= 4 is 5.91 Å². The second-order valence-corrected chi connectivity index (χ2v) is 14.4. The summed E-state index contributed by atoms with van der Waals surface area (Å²) in [5.41, 5.74) is 5.16. The number of phenolic OH excluding ortho intramolecular Hbond substituents is 2. The number of phenols is 2. The number of carbonyl (C=O) groups is 1. The number of aromatic hydroxyl groups is 2. The average Bonchev–Trinajstić information content (AvgIpc) is 3.57. The van der Waals surface area contributed by atoms with Crippen LogP contribution in [-0.2, 0) is 11.3 Å². The van der Waals surface area contributed by atoms with Crippen LogP contribution in [0.3, 0.4) is 0 Å². The summed E-state index contributed by atoms with van der Waals surface area (Å²) in [6.07, 6.45) is 7.46. The number of ether oxygens (including phenoxy) is 2. The minimum atomic E-state index is -1.31. The number of morpholine rings is 1. The van der Waals surface area contributed by atoms with E-state index in [9.17, 15) is 15.0 Å². The summed E-state index contributed by atoms with van der Waals surface area (Å²) in [5.74, 6) is 0.234. The first kappa shape index (κ1) is 35.0. The van der Waals surface area contributed by atoms with Gasteiger partial charge in [-0.25, -0.2) is 4.39 Å². The van der Waals surface area contributed by atoms with Gasteiger partial charge in [-0.2, -0.15) is 0 Å². The molecule has 0 aromatic heterocycles. The molecule has 1 amide bonds. The number of nitrogens with zero attached hydrogens (tertiary/aromatic N) is 3. The molecule has 3 aliphatic heterocycles. The molecule has 51 heavy (non-hydrogen) atoms. The van der Waals surface area contributed by atoms with E-state index < -0.39 is 24.2 Å². The van der Waals surface area contributed by atoms with E-state index in [2.05, 4.69) is 45.4 Å². The van der Waals surface area contributed by atoms with E-state index in [1.165, 1.54) is 11.6 Å². The van der Waals surface area contributed by atoms with Gasteiger partial charge in [0.1, 0.15) is 29.5 Å². The number of rotatable bonds is 9. The Morgan fingerprint density at radius 1 is 1.04 bits per heavy atom. The van der Waals surface area contributed by atoms with Gasteiger partial charge in [-0.15, -0.1) is 0 Å². The first-order valence-electron chi connectivity index (χ1n) is 18.2. The molecule has 9 nitrogen and oxygen atoms in total. The van der Waals surface area contributed by atoms with Crippen LogP contribution >= 0.6 is 0 Å². The van der Waals surface area contributed by atoms with Crippen molar-refractivity contribution in [2.45, 2.75) is 69.6 Å². The molecule has 0 bridgehead atoms. The van der Waals surface area contributed by atoms with Crippen LogP contribution in [0.25, 0.3) is 11.1 Å². The van der Waals surface area contributed by atoms with Crippen molar-refractivity contribution in [2.24, 2.45) is 0 Å². The molecule has 4 aliphatic rings. The number of carbonyl (C=O) groups excluding carboxylic acids is 1. The Bertz CT molecular complexity index is 1770. The number of benzene rings is 3. The number of halogens is 1. The highest BCUT2D eigenvalue weighted by atomic mass is 19.1. The van der Waals surface area contributed by atoms with E-state index in [4.69, 9.17) is 9.47 Å². The number of hydrogen-bond acceptors (Lipinski definition) is 8. The van der Waals surface area contributed by atoms with E-state index in [1.54, 1.807) is 18.2 Å². The Hall–Kier alpha value is -4.38. The predicted octanol–water partition coefficient (Wildman–Crippen LogP) is 5.80. The van der Waals surface area contributed by atoms with Gasteiger partial charge in [0.25, 0.3) is 5.91 Å². The summed E-state index contributed by atoms with van der Waals surface area (Å²) in [7, 11) is 2.15. The van der Waals surface area contributed by atoms with Gasteiger partial charge in [0.05, 0.1) is 30.9 Å². The highest BCUT2D eigenvalue weighted by Crippen LogP contribution is 2.36. The average molecular weight is 697 g/mol. The van der Waals surface area contributed by atoms with Crippen LogP contribution in [0.1, 0.15) is 47.2 Å². The maximum Gasteiger partial charge on any atom is 0.255 e. The van der Waals surface area contributed by atoms with Crippen LogP contribution in [-0.4, -0.2) is 108 Å². The van der Waals surface area contributed by atoms with Crippen molar-refractivity contribution in [1.82, 2.24) is 20.0 Å². The lowest BCUT2D eigenvalue weighted by Gasteiger charge is -2.44. The largest absolute Gasteiger partial charge is 0.508 e. The molecule has 3 N–H and O–H groups in total. The second-order valence-electron chi connectivity index (χ2n) is 14.4. The fourth-order valence-corrected chi connectivity index (χ4v) is 8.07. The summed E-state index contributed by atoms with van der Waals surface area (Å²) in [4.78, 5) is 20.3. The fraction of sp³-hybridized carbons (Fsp3) is 0.439. The van der Waals surface area contributed by atoms with E-state index in [0.29, 0.717) is 38.1 Å². The molecule has 0 radical (unpaired) electrons. The molecule has 3 aromatic rings. The standard InChI is InChI=1S/C41H49FN4O5/c1-27-10-13-39(48)34(20-27)41(49)43-36-24-40(38(23-35(36)42)46-15-4-7-29(26-46)37-9-5-14-44(37)2)51-32-8-3-6-28(22-32)33-12-11-31(47)21-30(33)25-45-16-18-50-19-17-45/h3-4,6-8,10-13,20-22,26,35-38,40,47-48H,5,9,14-19,23-25H2,1-2H3,(H,43,49)/t35?,36-,37?,38-,40?/m0/s1. The van der Waals surface area contributed by atoms with E-state index in [0.717, 1.165) is 54.7 Å². The van der Waals surface area contributed by atoms with Gasteiger partial charge >= 0.3 is 0 Å². The van der Waals surface area contributed by atoms with Gasteiger partial charge in [-0.1, -0.05) is 42.0 Å². The number of likely N-dealkylation sites (tertiary alicyclic amines) is 1. The highest BCUT2D eigenvalue weighted by molar-refractivity contribution is 5.97.